The molecule has 0 heterocycles. The van der Waals surface area contributed by atoms with Crippen LogP contribution in [0, 0.1) is 0 Å². The smallest absolute Gasteiger partial charge is 0.240 e. The molecule has 0 aliphatic heterocycles. The van der Waals surface area contributed by atoms with Crippen LogP contribution in [0.25, 0.3) is 0 Å². The Kier molecular flexibility index (Phi) is 4.50. The summed E-state index contributed by atoms with van der Waals surface area (Å²) in [4.78, 5) is 0.124. The van der Waals surface area contributed by atoms with Crippen LogP contribution in [0.5, 0.6) is 0 Å². The van der Waals surface area contributed by atoms with Crippen LogP contribution < -0.4 is 4.72 Å². The third-order valence-corrected chi connectivity index (χ3v) is 5.12. The van der Waals surface area contributed by atoms with Crippen molar-refractivity contribution in [2.45, 2.75) is 42.6 Å². The highest BCUT2D eigenvalue weighted by molar-refractivity contribution is 7.89. The molecular weight excluding hydrogens is 286 g/mol. The second kappa shape index (κ2) is 5.79. The van der Waals surface area contributed by atoms with Gasteiger partial charge in [0, 0.05) is 11.6 Å². The van der Waals surface area contributed by atoms with Gasteiger partial charge in [0.2, 0.25) is 10.0 Å². The van der Waals surface area contributed by atoms with E-state index in [1.165, 1.54) is 12.1 Å². The lowest BCUT2D eigenvalue weighted by Gasteiger charge is -2.32. The first-order valence-corrected chi connectivity index (χ1v) is 8.25. The number of halogens is 1. The fourth-order valence-electron chi connectivity index (χ4n) is 2.33. The number of hydrogen-bond acceptors (Lipinski definition) is 3. The molecule has 2 N–H and O–H groups in total. The molecule has 1 saturated carbocycles. The van der Waals surface area contributed by atoms with E-state index >= 15 is 0 Å². The van der Waals surface area contributed by atoms with Crippen molar-refractivity contribution >= 4 is 21.6 Å². The molecule has 1 aliphatic rings. The van der Waals surface area contributed by atoms with Crippen molar-refractivity contribution in [3.05, 3.63) is 29.3 Å². The molecule has 0 spiro atoms. The van der Waals surface area contributed by atoms with Crippen molar-refractivity contribution < 1.29 is 13.5 Å². The zero-order chi connectivity index (χ0) is 13.9. The van der Waals surface area contributed by atoms with E-state index in [1.807, 2.05) is 0 Å². The first-order valence-electron chi connectivity index (χ1n) is 6.39. The fourth-order valence-corrected chi connectivity index (χ4v) is 3.75. The maximum atomic E-state index is 12.1. The molecule has 0 atom stereocenters. The average molecular weight is 304 g/mol. The molecule has 19 heavy (non-hydrogen) atoms. The molecule has 0 aromatic heterocycles. The second-order valence-electron chi connectivity index (χ2n) is 5.07. The van der Waals surface area contributed by atoms with Gasteiger partial charge < -0.3 is 5.11 Å². The first-order chi connectivity index (χ1) is 8.91. The van der Waals surface area contributed by atoms with Gasteiger partial charge in [-0.1, -0.05) is 36.9 Å². The van der Waals surface area contributed by atoms with Gasteiger partial charge in [0.1, 0.15) is 0 Å². The summed E-state index contributed by atoms with van der Waals surface area (Å²) < 4.78 is 26.7. The minimum atomic E-state index is -3.61. The van der Waals surface area contributed by atoms with E-state index in [-0.39, 0.29) is 11.4 Å². The van der Waals surface area contributed by atoms with E-state index in [4.69, 9.17) is 11.6 Å². The summed E-state index contributed by atoms with van der Waals surface area (Å²) >= 11 is 5.79. The lowest BCUT2D eigenvalue weighted by atomic mass is 9.85. The van der Waals surface area contributed by atoms with Crippen LogP contribution in [0.2, 0.25) is 5.02 Å². The SMILES string of the molecule is O=S(=O)(NCC1(O)CCCCC1)c1cccc(Cl)c1. The predicted octanol–water partition coefficient (Wildman–Crippen LogP) is 2.31. The van der Waals surface area contributed by atoms with Crippen LogP contribution in [0.4, 0.5) is 0 Å². The highest BCUT2D eigenvalue weighted by atomic mass is 35.5. The molecule has 2 rings (SSSR count). The van der Waals surface area contributed by atoms with Crippen molar-refractivity contribution in [1.82, 2.24) is 4.72 Å². The Hall–Kier alpha value is -0.620. The monoisotopic (exact) mass is 303 g/mol. The molecular formula is C13H18ClNO3S. The lowest BCUT2D eigenvalue weighted by Crippen LogP contribution is -2.44. The number of hydrogen-bond donors (Lipinski definition) is 2. The van der Waals surface area contributed by atoms with Gasteiger partial charge in [0.15, 0.2) is 0 Å². The summed E-state index contributed by atoms with van der Waals surface area (Å²) in [6, 6.07) is 6.09. The number of rotatable bonds is 4. The summed E-state index contributed by atoms with van der Waals surface area (Å²) in [6.07, 6.45) is 4.27. The molecule has 0 saturated heterocycles. The van der Waals surface area contributed by atoms with Crippen molar-refractivity contribution in [2.75, 3.05) is 6.54 Å². The average Bonchev–Trinajstić information content (AvgIpc) is 2.38. The molecule has 0 radical (unpaired) electrons. The molecule has 0 amide bonds. The zero-order valence-electron chi connectivity index (χ0n) is 10.6. The Morgan fingerprint density at radius 1 is 1.26 bits per heavy atom. The van der Waals surface area contributed by atoms with Gasteiger partial charge in [-0.3, -0.25) is 0 Å². The molecule has 1 aromatic rings. The number of nitrogens with one attached hydrogen (secondary N) is 1. The van der Waals surface area contributed by atoms with E-state index < -0.39 is 15.6 Å². The van der Waals surface area contributed by atoms with Crippen LogP contribution in [0.15, 0.2) is 29.2 Å². The number of benzene rings is 1. The summed E-state index contributed by atoms with van der Waals surface area (Å²) in [5.41, 5.74) is -0.913. The Bertz CT molecular complexity index is 539. The van der Waals surface area contributed by atoms with Crippen LogP contribution in [-0.2, 0) is 10.0 Å². The second-order valence-corrected chi connectivity index (χ2v) is 7.27. The van der Waals surface area contributed by atoms with Crippen LogP contribution >= 0.6 is 11.6 Å². The van der Waals surface area contributed by atoms with Crippen LogP contribution in [-0.4, -0.2) is 25.7 Å². The minimum absolute atomic E-state index is 0.0574. The molecule has 6 heteroatoms. The minimum Gasteiger partial charge on any atom is -0.389 e. The van der Waals surface area contributed by atoms with Crippen molar-refractivity contribution in [1.29, 1.82) is 0 Å². The van der Waals surface area contributed by atoms with Crippen molar-refractivity contribution in [3.63, 3.8) is 0 Å². The predicted molar refractivity (Wildman–Crippen MR) is 74.7 cm³/mol. The Labute approximate surface area is 118 Å². The van der Waals surface area contributed by atoms with Crippen LogP contribution in [0.3, 0.4) is 0 Å². The van der Waals surface area contributed by atoms with Gasteiger partial charge >= 0.3 is 0 Å². The van der Waals surface area contributed by atoms with E-state index in [2.05, 4.69) is 4.72 Å². The van der Waals surface area contributed by atoms with E-state index in [1.54, 1.807) is 12.1 Å². The third kappa shape index (κ3) is 3.92. The lowest BCUT2D eigenvalue weighted by molar-refractivity contribution is 0.00945. The molecule has 1 fully saturated rings. The Balaban J connectivity index is 2.05. The highest BCUT2D eigenvalue weighted by Crippen LogP contribution is 2.27. The van der Waals surface area contributed by atoms with Gasteiger partial charge in [-0.05, 0) is 31.0 Å². The van der Waals surface area contributed by atoms with Gasteiger partial charge in [-0.2, -0.15) is 0 Å². The Morgan fingerprint density at radius 2 is 1.95 bits per heavy atom. The molecule has 0 unspecified atom stereocenters. The fraction of sp³-hybridized carbons (Fsp3) is 0.538. The first kappa shape index (κ1) is 14.8. The van der Waals surface area contributed by atoms with E-state index in [0.717, 1.165) is 19.3 Å². The number of sulfonamides is 1. The standard InChI is InChI=1S/C13H18ClNO3S/c14-11-5-4-6-12(9-11)19(17,18)15-10-13(16)7-2-1-3-8-13/h4-6,9,15-16H,1-3,7-8,10H2. The quantitative estimate of drug-likeness (QED) is 0.897. The zero-order valence-corrected chi connectivity index (χ0v) is 12.2. The van der Waals surface area contributed by atoms with Crippen molar-refractivity contribution in [2.24, 2.45) is 0 Å². The molecule has 1 aromatic carbocycles. The number of aliphatic hydroxyl groups is 1. The largest absolute Gasteiger partial charge is 0.389 e. The molecule has 0 bridgehead atoms. The third-order valence-electron chi connectivity index (χ3n) is 3.48. The maximum Gasteiger partial charge on any atom is 0.240 e. The summed E-state index contributed by atoms with van der Waals surface area (Å²) in [7, 11) is -3.61. The van der Waals surface area contributed by atoms with Crippen molar-refractivity contribution in [3.8, 4) is 0 Å². The normalized spacial score (nSPS) is 19.3. The Morgan fingerprint density at radius 3 is 2.58 bits per heavy atom. The van der Waals surface area contributed by atoms with E-state index in [0.29, 0.717) is 17.9 Å². The maximum absolute atomic E-state index is 12.1. The molecule has 1 aliphatic carbocycles. The van der Waals surface area contributed by atoms with Gasteiger partial charge in [-0.25, -0.2) is 13.1 Å². The molecule has 4 nitrogen and oxygen atoms in total. The van der Waals surface area contributed by atoms with Gasteiger partial charge in [0.25, 0.3) is 0 Å². The van der Waals surface area contributed by atoms with Gasteiger partial charge in [0.05, 0.1) is 10.5 Å². The van der Waals surface area contributed by atoms with Crippen LogP contribution in [0.1, 0.15) is 32.1 Å². The summed E-state index contributed by atoms with van der Waals surface area (Å²) in [5, 5.41) is 10.7. The summed E-state index contributed by atoms with van der Waals surface area (Å²) in [5.74, 6) is 0. The van der Waals surface area contributed by atoms with Gasteiger partial charge in [-0.15, -0.1) is 0 Å². The van der Waals surface area contributed by atoms with E-state index in [9.17, 15) is 13.5 Å². The highest BCUT2D eigenvalue weighted by Gasteiger charge is 2.30. The topological polar surface area (TPSA) is 66.4 Å². The summed E-state index contributed by atoms with van der Waals surface area (Å²) in [6.45, 7) is 0.0574. The molecule has 106 valence electrons.